The van der Waals surface area contributed by atoms with Crippen LogP contribution in [0.2, 0.25) is 5.02 Å². The average Bonchev–Trinajstić information content (AvgIpc) is 2.10. The number of nitrogens with zero attached hydrogens (tertiary/aromatic N) is 2. The Kier molecular flexibility index (Phi) is 4.48. The van der Waals surface area contributed by atoms with Gasteiger partial charge < -0.3 is 5.73 Å². The summed E-state index contributed by atoms with van der Waals surface area (Å²) in [6.07, 6.45) is 2.69. The zero-order valence-electron chi connectivity index (χ0n) is 8.33. The highest BCUT2D eigenvalue weighted by atomic mass is 35.5. The minimum atomic E-state index is 0.279. The smallest absolute Gasteiger partial charge is 0.221 e. The first kappa shape index (κ1) is 11.6. The van der Waals surface area contributed by atoms with Gasteiger partial charge in [-0.1, -0.05) is 25.4 Å². The van der Waals surface area contributed by atoms with Gasteiger partial charge in [-0.2, -0.15) is 0 Å². The standard InChI is InChI=1S/C9H14ClN3S/c1-6(2)3-4-14-8-7(10)5-12-9(11)13-8/h5-6H,3-4H2,1-2H3,(H2,11,12,13). The van der Waals surface area contributed by atoms with Gasteiger partial charge in [0.15, 0.2) is 0 Å². The van der Waals surface area contributed by atoms with Gasteiger partial charge in [-0.05, 0) is 18.1 Å². The number of anilines is 1. The van der Waals surface area contributed by atoms with Crippen molar-refractivity contribution < 1.29 is 0 Å². The molecule has 0 bridgehead atoms. The lowest BCUT2D eigenvalue weighted by Crippen LogP contribution is -1.97. The topological polar surface area (TPSA) is 51.8 Å². The number of nitrogen functional groups attached to an aromatic ring is 1. The Bertz CT molecular complexity index is 304. The SMILES string of the molecule is CC(C)CCSc1nc(N)ncc1Cl. The lowest BCUT2D eigenvalue weighted by atomic mass is 10.2. The van der Waals surface area contributed by atoms with Crippen molar-refractivity contribution in [3.05, 3.63) is 11.2 Å². The van der Waals surface area contributed by atoms with E-state index in [1.165, 1.54) is 0 Å². The molecule has 0 radical (unpaired) electrons. The molecule has 0 unspecified atom stereocenters. The maximum atomic E-state index is 5.91. The molecule has 1 aromatic rings. The zero-order chi connectivity index (χ0) is 10.6. The van der Waals surface area contributed by atoms with Crippen molar-refractivity contribution in [3.63, 3.8) is 0 Å². The number of aromatic nitrogens is 2. The molecule has 0 amide bonds. The van der Waals surface area contributed by atoms with Crippen LogP contribution in [0.25, 0.3) is 0 Å². The highest BCUT2D eigenvalue weighted by Gasteiger charge is 2.04. The third kappa shape index (κ3) is 3.72. The van der Waals surface area contributed by atoms with Crippen molar-refractivity contribution >= 4 is 29.3 Å². The minimum absolute atomic E-state index is 0.279. The molecule has 0 atom stereocenters. The molecule has 0 aromatic carbocycles. The first-order valence-corrected chi connectivity index (χ1v) is 5.86. The zero-order valence-corrected chi connectivity index (χ0v) is 9.90. The first-order valence-electron chi connectivity index (χ1n) is 4.50. The Labute approximate surface area is 93.5 Å². The molecule has 0 saturated heterocycles. The molecule has 1 aromatic heterocycles. The van der Waals surface area contributed by atoms with Crippen LogP contribution in [0, 0.1) is 5.92 Å². The highest BCUT2D eigenvalue weighted by Crippen LogP contribution is 2.25. The van der Waals surface area contributed by atoms with Crippen LogP contribution in [0.5, 0.6) is 0 Å². The molecule has 0 fully saturated rings. The van der Waals surface area contributed by atoms with Crippen molar-refractivity contribution in [2.75, 3.05) is 11.5 Å². The molecule has 0 spiro atoms. The van der Waals surface area contributed by atoms with Gasteiger partial charge in [-0.25, -0.2) is 9.97 Å². The summed E-state index contributed by atoms with van der Waals surface area (Å²) in [5.74, 6) is 1.98. The number of nitrogens with two attached hydrogens (primary N) is 1. The number of rotatable bonds is 4. The fourth-order valence-electron chi connectivity index (χ4n) is 0.857. The second-order valence-corrected chi connectivity index (χ2v) is 4.90. The van der Waals surface area contributed by atoms with Gasteiger partial charge in [0.25, 0.3) is 0 Å². The van der Waals surface area contributed by atoms with Crippen LogP contribution in [0.15, 0.2) is 11.2 Å². The molecule has 0 saturated carbocycles. The summed E-state index contributed by atoms with van der Waals surface area (Å²) < 4.78 is 0. The quantitative estimate of drug-likeness (QED) is 0.640. The largest absolute Gasteiger partial charge is 0.368 e. The third-order valence-electron chi connectivity index (χ3n) is 1.66. The van der Waals surface area contributed by atoms with Gasteiger partial charge in [0, 0.05) is 0 Å². The molecule has 0 aliphatic heterocycles. The maximum absolute atomic E-state index is 5.91. The van der Waals surface area contributed by atoms with Crippen LogP contribution in [0.4, 0.5) is 5.95 Å². The highest BCUT2D eigenvalue weighted by molar-refractivity contribution is 7.99. The van der Waals surface area contributed by atoms with Crippen molar-refractivity contribution in [2.24, 2.45) is 5.92 Å². The molecule has 5 heteroatoms. The van der Waals surface area contributed by atoms with E-state index in [9.17, 15) is 0 Å². The lowest BCUT2D eigenvalue weighted by Gasteiger charge is -2.05. The van der Waals surface area contributed by atoms with Gasteiger partial charge in [-0.3, -0.25) is 0 Å². The summed E-state index contributed by atoms with van der Waals surface area (Å²) in [4.78, 5) is 7.87. The van der Waals surface area contributed by atoms with Crippen LogP contribution < -0.4 is 5.73 Å². The van der Waals surface area contributed by atoms with E-state index in [4.69, 9.17) is 17.3 Å². The third-order valence-corrected chi connectivity index (χ3v) is 3.08. The Morgan fingerprint density at radius 2 is 2.29 bits per heavy atom. The molecule has 0 aliphatic rings. The van der Waals surface area contributed by atoms with E-state index in [-0.39, 0.29) is 5.95 Å². The van der Waals surface area contributed by atoms with Crippen LogP contribution in [-0.2, 0) is 0 Å². The normalized spacial score (nSPS) is 10.9. The lowest BCUT2D eigenvalue weighted by molar-refractivity contribution is 0.632. The summed E-state index contributed by atoms with van der Waals surface area (Å²) >= 11 is 7.54. The first-order chi connectivity index (χ1) is 6.59. The molecule has 3 nitrogen and oxygen atoms in total. The van der Waals surface area contributed by atoms with Gasteiger partial charge in [-0.15, -0.1) is 11.8 Å². The summed E-state index contributed by atoms with van der Waals surface area (Å²) in [6.45, 7) is 4.38. The molecule has 1 rings (SSSR count). The van der Waals surface area contributed by atoms with Crippen molar-refractivity contribution in [2.45, 2.75) is 25.3 Å². The maximum Gasteiger partial charge on any atom is 0.221 e. The Morgan fingerprint density at radius 1 is 1.57 bits per heavy atom. The number of halogens is 1. The van der Waals surface area contributed by atoms with Crippen LogP contribution in [0.3, 0.4) is 0 Å². The number of hydrogen-bond donors (Lipinski definition) is 1. The molecule has 78 valence electrons. The van der Waals surface area contributed by atoms with E-state index in [0.29, 0.717) is 10.9 Å². The predicted octanol–water partition coefficient (Wildman–Crippen LogP) is 2.85. The molecule has 1 heterocycles. The summed E-state index contributed by atoms with van der Waals surface area (Å²) in [6, 6.07) is 0. The minimum Gasteiger partial charge on any atom is -0.368 e. The van der Waals surface area contributed by atoms with Crippen LogP contribution in [0.1, 0.15) is 20.3 Å². The van der Waals surface area contributed by atoms with Crippen molar-refractivity contribution in [1.29, 1.82) is 0 Å². The van der Waals surface area contributed by atoms with E-state index >= 15 is 0 Å². The van der Waals surface area contributed by atoms with E-state index in [0.717, 1.165) is 17.2 Å². The molecule has 2 N–H and O–H groups in total. The molecular formula is C9H14ClN3S. The van der Waals surface area contributed by atoms with Crippen LogP contribution in [-0.4, -0.2) is 15.7 Å². The van der Waals surface area contributed by atoms with Crippen molar-refractivity contribution in [3.8, 4) is 0 Å². The number of thioether (sulfide) groups is 1. The summed E-state index contributed by atoms with van der Waals surface area (Å²) in [5, 5.41) is 1.35. The Hall–Kier alpha value is -0.480. The Balaban J connectivity index is 2.53. The molecule has 14 heavy (non-hydrogen) atoms. The summed E-state index contributed by atoms with van der Waals surface area (Å²) in [5.41, 5.74) is 5.46. The monoisotopic (exact) mass is 231 g/mol. The van der Waals surface area contributed by atoms with Crippen molar-refractivity contribution in [1.82, 2.24) is 9.97 Å². The van der Waals surface area contributed by atoms with Gasteiger partial charge in [0.1, 0.15) is 5.03 Å². The second kappa shape index (κ2) is 5.41. The van der Waals surface area contributed by atoms with E-state index < -0.39 is 0 Å². The van der Waals surface area contributed by atoms with Gasteiger partial charge in [0.2, 0.25) is 5.95 Å². The van der Waals surface area contributed by atoms with Gasteiger partial charge in [0.05, 0.1) is 11.2 Å². The van der Waals surface area contributed by atoms with E-state index in [1.807, 2.05) is 0 Å². The fraction of sp³-hybridized carbons (Fsp3) is 0.556. The van der Waals surface area contributed by atoms with Crippen LogP contribution >= 0.6 is 23.4 Å². The van der Waals surface area contributed by atoms with E-state index in [2.05, 4.69) is 23.8 Å². The molecular weight excluding hydrogens is 218 g/mol. The second-order valence-electron chi connectivity index (χ2n) is 3.41. The van der Waals surface area contributed by atoms with E-state index in [1.54, 1.807) is 18.0 Å². The Morgan fingerprint density at radius 3 is 2.93 bits per heavy atom. The summed E-state index contributed by atoms with van der Waals surface area (Å²) in [7, 11) is 0. The predicted molar refractivity (Wildman–Crippen MR) is 61.6 cm³/mol. The molecule has 0 aliphatic carbocycles. The average molecular weight is 232 g/mol. The number of hydrogen-bond acceptors (Lipinski definition) is 4. The van der Waals surface area contributed by atoms with Gasteiger partial charge >= 0.3 is 0 Å². The fourth-order valence-corrected chi connectivity index (χ4v) is 2.24.